The number of rotatable bonds is 3. The van der Waals surface area contributed by atoms with Crippen molar-refractivity contribution in [2.75, 3.05) is 11.5 Å². The molecule has 2 rings (SSSR count). The van der Waals surface area contributed by atoms with Crippen molar-refractivity contribution in [1.29, 1.82) is 0 Å². The summed E-state index contributed by atoms with van der Waals surface area (Å²) in [7, 11) is 0. The highest BCUT2D eigenvalue weighted by Crippen LogP contribution is 2.30. The first-order chi connectivity index (χ1) is 9.41. The van der Waals surface area contributed by atoms with E-state index in [2.05, 4.69) is 0 Å². The first-order valence-electron chi connectivity index (χ1n) is 5.66. The molecule has 0 amide bonds. The third kappa shape index (κ3) is 2.26. The van der Waals surface area contributed by atoms with Crippen LogP contribution in [0.5, 0.6) is 0 Å². The van der Waals surface area contributed by atoms with E-state index >= 15 is 0 Å². The van der Waals surface area contributed by atoms with Crippen LogP contribution in [0.4, 0.5) is 11.4 Å². The van der Waals surface area contributed by atoms with E-state index in [1.165, 1.54) is 12.1 Å². The average Bonchev–Trinajstić information content (AvgIpc) is 2.39. The van der Waals surface area contributed by atoms with Crippen LogP contribution in [0.15, 0.2) is 36.4 Å². The van der Waals surface area contributed by atoms with Gasteiger partial charge in [-0.25, -0.2) is 9.59 Å². The van der Waals surface area contributed by atoms with Gasteiger partial charge in [-0.2, -0.15) is 0 Å². The van der Waals surface area contributed by atoms with Gasteiger partial charge in [-0.3, -0.25) is 0 Å². The quantitative estimate of drug-likeness (QED) is 0.632. The van der Waals surface area contributed by atoms with Gasteiger partial charge in [0.25, 0.3) is 0 Å². The summed E-state index contributed by atoms with van der Waals surface area (Å²) in [6, 6.07) is 9.33. The van der Waals surface area contributed by atoms with Gasteiger partial charge in [0, 0.05) is 11.4 Å². The van der Waals surface area contributed by atoms with Crippen molar-refractivity contribution in [3.05, 3.63) is 47.5 Å². The number of nitrogen functional groups attached to an aromatic ring is 2. The minimum atomic E-state index is -1.38. The molecule has 6 nitrogen and oxygen atoms in total. The minimum Gasteiger partial charge on any atom is -0.478 e. The minimum absolute atomic E-state index is 0.0888. The lowest BCUT2D eigenvalue weighted by Crippen LogP contribution is -2.12. The highest BCUT2D eigenvalue weighted by molar-refractivity contribution is 6.09. The maximum Gasteiger partial charge on any atom is 0.338 e. The van der Waals surface area contributed by atoms with Crippen molar-refractivity contribution >= 4 is 23.3 Å². The molecule has 0 aliphatic rings. The standard InChI is InChI=1S/C14H12N2O4/c15-8-3-1-7(2-4-8)9-5-6-10(16)12(14(19)20)11(9)13(17)18/h1-6H,15-16H2,(H,17,18)(H,19,20). The lowest BCUT2D eigenvalue weighted by atomic mass is 9.94. The zero-order valence-electron chi connectivity index (χ0n) is 10.3. The van der Waals surface area contributed by atoms with Crippen molar-refractivity contribution in [2.45, 2.75) is 0 Å². The Hall–Kier alpha value is -3.02. The van der Waals surface area contributed by atoms with Gasteiger partial charge in [0.15, 0.2) is 0 Å². The summed E-state index contributed by atoms with van der Waals surface area (Å²) in [5.41, 5.74) is 11.7. The number of carboxylic acids is 2. The normalized spacial score (nSPS) is 10.2. The van der Waals surface area contributed by atoms with E-state index in [0.29, 0.717) is 11.3 Å². The van der Waals surface area contributed by atoms with Crippen LogP contribution in [-0.2, 0) is 0 Å². The molecule has 0 aromatic heterocycles. The summed E-state index contributed by atoms with van der Waals surface area (Å²) in [5.74, 6) is -2.72. The fourth-order valence-electron chi connectivity index (χ4n) is 1.97. The Morgan fingerprint density at radius 2 is 1.35 bits per heavy atom. The molecular formula is C14H12N2O4. The summed E-state index contributed by atoms with van der Waals surface area (Å²) >= 11 is 0. The lowest BCUT2D eigenvalue weighted by molar-refractivity contribution is 0.0653. The molecule has 6 N–H and O–H groups in total. The molecule has 0 radical (unpaired) electrons. The van der Waals surface area contributed by atoms with Gasteiger partial charge in [-0.05, 0) is 29.3 Å². The first-order valence-corrected chi connectivity index (χ1v) is 5.66. The Kier molecular flexibility index (Phi) is 3.30. The van der Waals surface area contributed by atoms with Crippen LogP contribution in [0.1, 0.15) is 20.7 Å². The van der Waals surface area contributed by atoms with Crippen molar-refractivity contribution in [1.82, 2.24) is 0 Å². The van der Waals surface area contributed by atoms with E-state index in [4.69, 9.17) is 16.6 Å². The molecule has 2 aromatic rings. The number of hydrogen-bond acceptors (Lipinski definition) is 4. The Bertz CT molecular complexity index is 693. The summed E-state index contributed by atoms with van der Waals surface area (Å²) in [6.07, 6.45) is 0. The molecule has 0 aliphatic carbocycles. The highest BCUT2D eigenvalue weighted by atomic mass is 16.4. The maximum atomic E-state index is 11.4. The molecule has 0 fully saturated rings. The van der Waals surface area contributed by atoms with Gasteiger partial charge in [0.1, 0.15) is 0 Å². The molecule has 0 aliphatic heterocycles. The second kappa shape index (κ2) is 4.93. The largest absolute Gasteiger partial charge is 0.478 e. The lowest BCUT2D eigenvalue weighted by Gasteiger charge is -2.11. The molecule has 20 heavy (non-hydrogen) atoms. The molecule has 2 aromatic carbocycles. The summed E-state index contributed by atoms with van der Waals surface area (Å²) in [4.78, 5) is 22.6. The molecule has 0 saturated carbocycles. The van der Waals surface area contributed by atoms with Crippen LogP contribution in [0.2, 0.25) is 0 Å². The Balaban J connectivity index is 2.77. The van der Waals surface area contributed by atoms with Crippen LogP contribution >= 0.6 is 0 Å². The molecule has 0 heterocycles. The molecular weight excluding hydrogens is 260 g/mol. The van der Waals surface area contributed by atoms with Crippen LogP contribution in [-0.4, -0.2) is 22.2 Å². The zero-order valence-corrected chi connectivity index (χ0v) is 10.3. The molecule has 0 bridgehead atoms. The van der Waals surface area contributed by atoms with Crippen molar-refractivity contribution < 1.29 is 19.8 Å². The number of carboxylic acid groups (broad SMARTS) is 2. The predicted octanol–water partition coefficient (Wildman–Crippen LogP) is 1.91. The van der Waals surface area contributed by atoms with Gasteiger partial charge in [0.05, 0.1) is 11.1 Å². The second-order valence-corrected chi connectivity index (χ2v) is 4.18. The smallest absolute Gasteiger partial charge is 0.338 e. The third-order valence-corrected chi connectivity index (χ3v) is 2.89. The Morgan fingerprint density at radius 3 is 1.85 bits per heavy atom. The van der Waals surface area contributed by atoms with E-state index in [1.54, 1.807) is 24.3 Å². The monoisotopic (exact) mass is 272 g/mol. The van der Waals surface area contributed by atoms with Crippen LogP contribution in [0.3, 0.4) is 0 Å². The Morgan fingerprint density at radius 1 is 0.800 bits per heavy atom. The van der Waals surface area contributed by atoms with E-state index in [1.807, 2.05) is 0 Å². The highest BCUT2D eigenvalue weighted by Gasteiger charge is 2.23. The summed E-state index contributed by atoms with van der Waals surface area (Å²) in [6.45, 7) is 0. The summed E-state index contributed by atoms with van der Waals surface area (Å²) < 4.78 is 0. The van der Waals surface area contributed by atoms with Crippen molar-refractivity contribution in [3.63, 3.8) is 0 Å². The second-order valence-electron chi connectivity index (χ2n) is 4.18. The van der Waals surface area contributed by atoms with Crippen LogP contribution < -0.4 is 11.5 Å². The molecule has 0 atom stereocenters. The summed E-state index contributed by atoms with van der Waals surface area (Å²) in [5, 5.41) is 18.4. The predicted molar refractivity (Wildman–Crippen MR) is 74.6 cm³/mol. The molecule has 0 spiro atoms. The van der Waals surface area contributed by atoms with Crippen LogP contribution in [0.25, 0.3) is 11.1 Å². The third-order valence-electron chi connectivity index (χ3n) is 2.89. The van der Waals surface area contributed by atoms with Gasteiger partial charge < -0.3 is 21.7 Å². The molecule has 6 heteroatoms. The zero-order chi connectivity index (χ0) is 14.9. The molecule has 102 valence electrons. The maximum absolute atomic E-state index is 11.4. The van der Waals surface area contributed by atoms with Crippen molar-refractivity contribution in [3.8, 4) is 11.1 Å². The van der Waals surface area contributed by atoms with E-state index in [-0.39, 0.29) is 16.8 Å². The van der Waals surface area contributed by atoms with E-state index < -0.39 is 17.5 Å². The topological polar surface area (TPSA) is 127 Å². The Labute approximate surface area is 114 Å². The van der Waals surface area contributed by atoms with Gasteiger partial charge in [0.2, 0.25) is 0 Å². The number of aromatic carboxylic acids is 2. The van der Waals surface area contributed by atoms with Crippen molar-refractivity contribution in [2.24, 2.45) is 0 Å². The van der Waals surface area contributed by atoms with Crippen LogP contribution in [0, 0.1) is 0 Å². The average molecular weight is 272 g/mol. The fourth-order valence-corrected chi connectivity index (χ4v) is 1.97. The number of carbonyl (C=O) groups is 2. The van der Waals surface area contributed by atoms with Gasteiger partial charge >= 0.3 is 11.9 Å². The van der Waals surface area contributed by atoms with E-state index in [0.717, 1.165) is 0 Å². The molecule has 0 saturated heterocycles. The number of benzene rings is 2. The number of anilines is 2. The number of nitrogens with two attached hydrogens (primary N) is 2. The van der Waals surface area contributed by atoms with E-state index in [9.17, 15) is 14.7 Å². The first kappa shape index (κ1) is 13.4. The van der Waals surface area contributed by atoms with Gasteiger partial charge in [-0.15, -0.1) is 0 Å². The number of hydrogen-bond donors (Lipinski definition) is 4. The van der Waals surface area contributed by atoms with Gasteiger partial charge in [-0.1, -0.05) is 18.2 Å². The SMILES string of the molecule is Nc1ccc(-c2ccc(N)c(C(=O)O)c2C(=O)O)cc1. The fraction of sp³-hybridized carbons (Fsp3) is 0. The molecule has 0 unspecified atom stereocenters.